The number of fused-ring (bicyclic) bond motifs is 1. The van der Waals surface area contributed by atoms with Crippen molar-refractivity contribution < 1.29 is 4.79 Å². The minimum absolute atomic E-state index is 0.0254. The zero-order valence-corrected chi connectivity index (χ0v) is 18.9. The minimum atomic E-state index is 0.0254. The maximum atomic E-state index is 12.8. The Kier molecular flexibility index (Phi) is 5.97. The van der Waals surface area contributed by atoms with E-state index < -0.39 is 0 Å². The summed E-state index contributed by atoms with van der Waals surface area (Å²) in [5, 5.41) is 0.873. The fourth-order valence-corrected chi connectivity index (χ4v) is 4.97. The molecule has 4 aromatic rings. The number of hydrogen-bond donors (Lipinski definition) is 1. The van der Waals surface area contributed by atoms with Crippen LogP contribution in [-0.2, 0) is 5.75 Å². The van der Waals surface area contributed by atoms with Crippen LogP contribution < -0.4 is 4.90 Å². The molecule has 32 heavy (non-hydrogen) atoms. The molecule has 0 aliphatic carbocycles. The highest BCUT2D eigenvalue weighted by Crippen LogP contribution is 2.29. The van der Waals surface area contributed by atoms with Crippen molar-refractivity contribution in [3.05, 3.63) is 89.5 Å². The molecule has 1 N–H and O–H groups in total. The Hall–Kier alpha value is -3.09. The average Bonchev–Trinajstić information content (AvgIpc) is 3.26. The Morgan fingerprint density at radius 2 is 1.69 bits per heavy atom. The number of piperazine rings is 1. The van der Waals surface area contributed by atoms with Crippen molar-refractivity contribution in [1.29, 1.82) is 0 Å². The maximum Gasteiger partial charge on any atom is 0.193 e. The number of benzene rings is 3. The molecule has 1 saturated heterocycles. The van der Waals surface area contributed by atoms with Crippen molar-refractivity contribution in [2.24, 2.45) is 0 Å². The summed E-state index contributed by atoms with van der Waals surface area (Å²) in [6, 6.07) is 23.7. The number of H-pyrrole nitrogens is 1. The van der Waals surface area contributed by atoms with E-state index in [0.717, 1.165) is 48.1 Å². The second-order valence-electron chi connectivity index (χ2n) is 8.18. The number of carbonyl (C=O) groups is 1. The molecular weight excluding hydrogens is 416 g/mol. The number of thioether (sulfide) groups is 1. The van der Waals surface area contributed by atoms with Gasteiger partial charge in [0.1, 0.15) is 0 Å². The van der Waals surface area contributed by atoms with Crippen molar-refractivity contribution in [3.8, 4) is 0 Å². The number of imidazole rings is 1. The van der Waals surface area contributed by atoms with E-state index in [1.807, 2.05) is 48.5 Å². The van der Waals surface area contributed by atoms with Crippen molar-refractivity contribution >= 4 is 34.3 Å². The summed E-state index contributed by atoms with van der Waals surface area (Å²) in [4.78, 5) is 25.8. The van der Waals surface area contributed by atoms with Gasteiger partial charge in [-0.2, -0.15) is 0 Å². The Morgan fingerprint density at radius 3 is 2.50 bits per heavy atom. The van der Waals surface area contributed by atoms with E-state index in [9.17, 15) is 4.79 Å². The molecule has 0 bridgehead atoms. The van der Waals surface area contributed by atoms with E-state index >= 15 is 0 Å². The van der Waals surface area contributed by atoms with Crippen LogP contribution in [0.25, 0.3) is 11.0 Å². The molecule has 1 aliphatic rings. The second kappa shape index (κ2) is 9.18. The Balaban J connectivity index is 1.32. The number of rotatable bonds is 6. The molecule has 0 radical (unpaired) electrons. The molecule has 2 heterocycles. The highest BCUT2D eigenvalue weighted by molar-refractivity contribution is 7.98. The van der Waals surface area contributed by atoms with E-state index in [-0.39, 0.29) is 5.78 Å². The molecule has 0 atom stereocenters. The SMILES string of the molecule is CN1CCN(c2ccccc2CSc2nc3ccc(C(=O)c4ccccc4)cc3[nH]2)CC1. The predicted molar refractivity (Wildman–Crippen MR) is 132 cm³/mol. The van der Waals surface area contributed by atoms with Gasteiger partial charge in [-0.3, -0.25) is 4.79 Å². The maximum absolute atomic E-state index is 12.8. The molecular formula is C26H26N4OS. The topological polar surface area (TPSA) is 52.2 Å². The summed E-state index contributed by atoms with van der Waals surface area (Å²) in [5.41, 5.74) is 5.78. The molecule has 0 saturated carbocycles. The Morgan fingerprint density at radius 1 is 0.938 bits per heavy atom. The highest BCUT2D eigenvalue weighted by Gasteiger charge is 2.17. The van der Waals surface area contributed by atoms with Crippen LogP contribution in [0.5, 0.6) is 0 Å². The zero-order chi connectivity index (χ0) is 21.9. The van der Waals surface area contributed by atoms with Gasteiger partial charge in [0, 0.05) is 48.7 Å². The lowest BCUT2D eigenvalue weighted by atomic mass is 10.0. The van der Waals surface area contributed by atoms with Gasteiger partial charge in [-0.15, -0.1) is 0 Å². The number of nitrogens with one attached hydrogen (secondary N) is 1. The molecule has 1 aliphatic heterocycles. The van der Waals surface area contributed by atoms with Gasteiger partial charge in [0.05, 0.1) is 11.0 Å². The monoisotopic (exact) mass is 442 g/mol. The number of aromatic amines is 1. The highest BCUT2D eigenvalue weighted by atomic mass is 32.2. The van der Waals surface area contributed by atoms with Gasteiger partial charge < -0.3 is 14.8 Å². The first kappa shape index (κ1) is 20.8. The predicted octanol–water partition coefficient (Wildman–Crippen LogP) is 4.84. The van der Waals surface area contributed by atoms with E-state index in [4.69, 9.17) is 4.98 Å². The number of carbonyl (C=O) groups excluding carboxylic acids is 1. The third-order valence-corrected chi connectivity index (χ3v) is 6.88. The van der Waals surface area contributed by atoms with Gasteiger partial charge in [-0.25, -0.2) is 4.98 Å². The fourth-order valence-electron chi connectivity index (χ4n) is 4.09. The van der Waals surface area contributed by atoms with Gasteiger partial charge >= 0.3 is 0 Å². The van der Waals surface area contributed by atoms with Crippen LogP contribution in [0, 0.1) is 0 Å². The number of hydrogen-bond acceptors (Lipinski definition) is 5. The standard InChI is InChI=1S/C26H26N4OS/c1-29-13-15-30(16-14-29)24-10-6-5-9-21(24)18-32-26-27-22-12-11-20(17-23(22)28-26)25(31)19-7-3-2-4-8-19/h2-12,17H,13-16,18H2,1H3,(H,27,28). The van der Waals surface area contributed by atoms with Gasteiger partial charge in [0.15, 0.2) is 10.9 Å². The van der Waals surface area contributed by atoms with Gasteiger partial charge in [0.25, 0.3) is 0 Å². The summed E-state index contributed by atoms with van der Waals surface area (Å²) >= 11 is 1.70. The first-order valence-corrected chi connectivity index (χ1v) is 11.9. The van der Waals surface area contributed by atoms with E-state index in [1.165, 1.54) is 11.3 Å². The first-order valence-electron chi connectivity index (χ1n) is 10.9. The normalized spacial score (nSPS) is 14.7. The van der Waals surface area contributed by atoms with Gasteiger partial charge in [-0.05, 0) is 36.9 Å². The molecule has 5 rings (SSSR count). The molecule has 162 valence electrons. The zero-order valence-electron chi connectivity index (χ0n) is 18.1. The second-order valence-corrected chi connectivity index (χ2v) is 9.14. The minimum Gasteiger partial charge on any atom is -0.369 e. The largest absolute Gasteiger partial charge is 0.369 e. The van der Waals surface area contributed by atoms with Gasteiger partial charge in [-0.1, -0.05) is 60.3 Å². The third kappa shape index (κ3) is 4.42. The van der Waals surface area contributed by atoms with Crippen molar-refractivity contribution in [1.82, 2.24) is 14.9 Å². The Labute approximate surface area is 192 Å². The van der Waals surface area contributed by atoms with Gasteiger partial charge in [0.2, 0.25) is 0 Å². The van der Waals surface area contributed by atoms with E-state index in [1.54, 1.807) is 11.8 Å². The van der Waals surface area contributed by atoms with Crippen LogP contribution in [0.1, 0.15) is 21.5 Å². The van der Waals surface area contributed by atoms with Crippen molar-refractivity contribution in [2.75, 3.05) is 38.1 Å². The summed E-state index contributed by atoms with van der Waals surface area (Å²) < 4.78 is 0. The number of likely N-dealkylation sites (N-methyl/N-ethyl adjacent to an activating group) is 1. The van der Waals surface area contributed by atoms with E-state index in [0.29, 0.717) is 11.1 Å². The van der Waals surface area contributed by atoms with Crippen LogP contribution in [0.4, 0.5) is 5.69 Å². The average molecular weight is 443 g/mol. The van der Waals surface area contributed by atoms with Crippen LogP contribution in [0.3, 0.4) is 0 Å². The van der Waals surface area contributed by atoms with Crippen molar-refractivity contribution in [3.63, 3.8) is 0 Å². The molecule has 6 heteroatoms. The Bertz CT molecular complexity index is 1230. The number of aromatic nitrogens is 2. The lowest BCUT2D eigenvalue weighted by molar-refractivity contribution is 0.103. The number of para-hydroxylation sites is 1. The number of nitrogens with zero attached hydrogens (tertiary/aromatic N) is 3. The third-order valence-electron chi connectivity index (χ3n) is 5.96. The number of ketones is 1. The summed E-state index contributed by atoms with van der Waals surface area (Å²) in [5.74, 6) is 0.871. The van der Waals surface area contributed by atoms with Crippen LogP contribution in [0.15, 0.2) is 78.0 Å². The molecule has 0 spiro atoms. The lowest BCUT2D eigenvalue weighted by Crippen LogP contribution is -2.44. The molecule has 1 fully saturated rings. The summed E-state index contributed by atoms with van der Waals surface area (Å²) in [6.07, 6.45) is 0. The molecule has 0 unspecified atom stereocenters. The lowest BCUT2D eigenvalue weighted by Gasteiger charge is -2.35. The molecule has 0 amide bonds. The smallest absolute Gasteiger partial charge is 0.193 e. The molecule has 5 nitrogen and oxygen atoms in total. The molecule has 1 aromatic heterocycles. The quantitative estimate of drug-likeness (QED) is 0.342. The summed E-state index contributed by atoms with van der Waals surface area (Å²) in [7, 11) is 2.18. The molecule has 3 aromatic carbocycles. The number of anilines is 1. The van der Waals surface area contributed by atoms with Crippen molar-refractivity contribution in [2.45, 2.75) is 10.9 Å². The first-order chi connectivity index (χ1) is 15.7. The summed E-state index contributed by atoms with van der Waals surface area (Å²) in [6.45, 7) is 4.30. The van der Waals surface area contributed by atoms with E-state index in [2.05, 4.69) is 46.1 Å². The fraction of sp³-hybridized carbons (Fsp3) is 0.231. The van der Waals surface area contributed by atoms with Crippen LogP contribution in [0.2, 0.25) is 0 Å². The van der Waals surface area contributed by atoms with Crippen LogP contribution in [-0.4, -0.2) is 53.9 Å². The van der Waals surface area contributed by atoms with Crippen LogP contribution >= 0.6 is 11.8 Å².